The second kappa shape index (κ2) is 8.66. The second-order valence-corrected chi connectivity index (χ2v) is 6.34. The smallest absolute Gasteiger partial charge is 0.355 e. The van der Waals surface area contributed by atoms with Crippen molar-refractivity contribution in [1.29, 1.82) is 0 Å². The van der Waals surface area contributed by atoms with Gasteiger partial charge in [-0.25, -0.2) is 4.79 Å². The van der Waals surface area contributed by atoms with Crippen LogP contribution in [0.4, 0.5) is 0 Å². The number of hydrogen-bond acceptors (Lipinski definition) is 4. The van der Waals surface area contributed by atoms with Gasteiger partial charge in [-0.1, -0.05) is 18.2 Å². The van der Waals surface area contributed by atoms with Gasteiger partial charge in [-0.2, -0.15) is 0 Å². The fraction of sp³-hybridized carbons (Fsp3) is 0.381. The molecule has 1 N–H and O–H groups in total. The molecule has 0 unspecified atom stereocenters. The van der Waals surface area contributed by atoms with Crippen LogP contribution in [0.15, 0.2) is 30.3 Å². The summed E-state index contributed by atoms with van der Waals surface area (Å²) in [4.78, 5) is 42.5. The van der Waals surface area contributed by atoms with Crippen molar-refractivity contribution in [3.05, 3.63) is 58.4 Å². The van der Waals surface area contributed by atoms with E-state index in [2.05, 4.69) is 4.98 Å². The van der Waals surface area contributed by atoms with E-state index in [4.69, 9.17) is 4.74 Å². The first-order valence-electron chi connectivity index (χ1n) is 9.09. The van der Waals surface area contributed by atoms with Crippen molar-refractivity contribution in [1.82, 2.24) is 9.88 Å². The Labute approximate surface area is 159 Å². The SMILES string of the molecule is CCOC(=O)c1[nH]c(C)c(C(=O)[C@@H](C)N(CC)C(=O)c2ccccc2)c1C. The topological polar surface area (TPSA) is 79.5 Å². The fourth-order valence-corrected chi connectivity index (χ4v) is 3.22. The van der Waals surface area contributed by atoms with Crippen LogP contribution in [0.5, 0.6) is 0 Å². The molecule has 1 aromatic carbocycles. The molecule has 1 aromatic heterocycles. The molecular weight excluding hydrogens is 344 g/mol. The maximum Gasteiger partial charge on any atom is 0.355 e. The van der Waals surface area contributed by atoms with Gasteiger partial charge in [0.25, 0.3) is 5.91 Å². The minimum atomic E-state index is -0.661. The van der Waals surface area contributed by atoms with Gasteiger partial charge in [0.15, 0.2) is 5.78 Å². The second-order valence-electron chi connectivity index (χ2n) is 6.34. The molecule has 0 aliphatic carbocycles. The Morgan fingerprint density at radius 1 is 1.11 bits per heavy atom. The number of ether oxygens (including phenoxy) is 1. The minimum absolute atomic E-state index is 0.199. The first-order valence-corrected chi connectivity index (χ1v) is 9.09. The average Bonchev–Trinajstić information content (AvgIpc) is 2.96. The number of aryl methyl sites for hydroxylation is 1. The number of likely N-dealkylation sites (N-methyl/N-ethyl adjacent to an activating group) is 1. The number of rotatable bonds is 7. The van der Waals surface area contributed by atoms with Crippen LogP contribution in [0.2, 0.25) is 0 Å². The Hall–Kier alpha value is -2.89. The van der Waals surface area contributed by atoms with E-state index in [1.54, 1.807) is 52.0 Å². The van der Waals surface area contributed by atoms with Crippen molar-refractivity contribution in [2.75, 3.05) is 13.2 Å². The predicted octanol–water partition coefficient (Wildman–Crippen LogP) is 3.54. The van der Waals surface area contributed by atoms with Crippen LogP contribution < -0.4 is 0 Å². The predicted molar refractivity (Wildman–Crippen MR) is 103 cm³/mol. The summed E-state index contributed by atoms with van der Waals surface area (Å²) in [5.74, 6) is -0.893. The number of carbonyl (C=O) groups is 3. The standard InChI is InChI=1S/C21H26N2O4/c1-6-23(20(25)16-11-9-8-10-12-16)15(5)19(24)17-13(3)18(22-14(17)4)21(26)27-7-2/h8-12,15,22H,6-7H2,1-5H3/t15-/m1/s1. The summed E-state index contributed by atoms with van der Waals surface area (Å²) in [5, 5.41) is 0. The fourth-order valence-electron chi connectivity index (χ4n) is 3.22. The van der Waals surface area contributed by atoms with E-state index >= 15 is 0 Å². The lowest BCUT2D eigenvalue weighted by molar-refractivity contribution is 0.0519. The van der Waals surface area contributed by atoms with Crippen LogP contribution in [0.25, 0.3) is 0 Å². The molecule has 0 aliphatic rings. The summed E-state index contributed by atoms with van der Waals surface area (Å²) in [6.07, 6.45) is 0. The lowest BCUT2D eigenvalue weighted by Crippen LogP contribution is -2.43. The van der Waals surface area contributed by atoms with Gasteiger partial charge in [0, 0.05) is 23.4 Å². The van der Waals surface area contributed by atoms with E-state index in [0.717, 1.165) is 0 Å². The minimum Gasteiger partial charge on any atom is -0.461 e. The van der Waals surface area contributed by atoms with Crippen LogP contribution in [0.1, 0.15) is 63.2 Å². The zero-order chi connectivity index (χ0) is 20.1. The highest BCUT2D eigenvalue weighted by Crippen LogP contribution is 2.22. The number of nitrogens with one attached hydrogen (secondary N) is 1. The van der Waals surface area contributed by atoms with E-state index < -0.39 is 12.0 Å². The van der Waals surface area contributed by atoms with E-state index in [1.807, 2.05) is 13.0 Å². The zero-order valence-electron chi connectivity index (χ0n) is 16.5. The molecule has 2 aromatic rings. The number of hydrogen-bond donors (Lipinski definition) is 1. The van der Waals surface area contributed by atoms with Crippen molar-refractivity contribution >= 4 is 17.7 Å². The number of aromatic nitrogens is 1. The number of amides is 1. The first kappa shape index (κ1) is 20.4. The molecule has 144 valence electrons. The highest BCUT2D eigenvalue weighted by atomic mass is 16.5. The number of nitrogens with zero attached hydrogens (tertiary/aromatic N) is 1. The monoisotopic (exact) mass is 370 g/mol. The van der Waals surface area contributed by atoms with Crippen molar-refractivity contribution in [3.63, 3.8) is 0 Å². The Bertz CT molecular complexity index is 839. The van der Waals surface area contributed by atoms with E-state index in [-0.39, 0.29) is 24.0 Å². The van der Waals surface area contributed by atoms with E-state index in [0.29, 0.717) is 28.9 Å². The molecule has 0 saturated heterocycles. The molecule has 0 fully saturated rings. The van der Waals surface area contributed by atoms with E-state index in [9.17, 15) is 14.4 Å². The van der Waals surface area contributed by atoms with Gasteiger partial charge < -0.3 is 14.6 Å². The third-order valence-electron chi connectivity index (χ3n) is 4.63. The van der Waals surface area contributed by atoms with Crippen molar-refractivity contribution in [2.45, 2.75) is 40.7 Å². The van der Waals surface area contributed by atoms with Gasteiger partial charge in [0.1, 0.15) is 5.69 Å². The molecule has 27 heavy (non-hydrogen) atoms. The van der Waals surface area contributed by atoms with Crippen LogP contribution >= 0.6 is 0 Å². The highest BCUT2D eigenvalue weighted by Gasteiger charge is 2.30. The maximum absolute atomic E-state index is 13.2. The van der Waals surface area contributed by atoms with Crippen LogP contribution in [0, 0.1) is 13.8 Å². The van der Waals surface area contributed by atoms with Crippen LogP contribution in [-0.4, -0.2) is 46.7 Å². The van der Waals surface area contributed by atoms with Gasteiger partial charge in [-0.3, -0.25) is 9.59 Å². The van der Waals surface area contributed by atoms with E-state index in [1.165, 1.54) is 4.90 Å². The Morgan fingerprint density at radius 3 is 2.30 bits per heavy atom. The van der Waals surface area contributed by atoms with Crippen LogP contribution in [0.3, 0.4) is 0 Å². The summed E-state index contributed by atoms with van der Waals surface area (Å²) in [7, 11) is 0. The molecule has 0 saturated carbocycles. The first-order chi connectivity index (χ1) is 12.8. The molecule has 1 heterocycles. The summed E-state index contributed by atoms with van der Waals surface area (Å²) in [5.41, 5.74) is 2.39. The molecule has 6 nitrogen and oxygen atoms in total. The zero-order valence-corrected chi connectivity index (χ0v) is 16.5. The lowest BCUT2D eigenvalue weighted by atomic mass is 9.99. The summed E-state index contributed by atoms with van der Waals surface area (Å²) >= 11 is 0. The number of Topliss-reactive ketones (excluding diaryl/α,β-unsaturated/α-hetero) is 1. The molecule has 6 heteroatoms. The van der Waals surface area contributed by atoms with Crippen molar-refractivity contribution < 1.29 is 19.1 Å². The quantitative estimate of drug-likeness (QED) is 0.597. The van der Waals surface area contributed by atoms with Gasteiger partial charge >= 0.3 is 5.97 Å². The summed E-state index contributed by atoms with van der Waals surface area (Å²) < 4.78 is 5.04. The average molecular weight is 370 g/mol. The molecule has 0 radical (unpaired) electrons. The molecule has 1 amide bonds. The number of benzene rings is 1. The Balaban J connectivity index is 2.33. The largest absolute Gasteiger partial charge is 0.461 e. The maximum atomic E-state index is 13.2. The molecule has 0 spiro atoms. The molecular formula is C21H26N2O4. The number of aromatic amines is 1. The van der Waals surface area contributed by atoms with Gasteiger partial charge in [-0.05, 0) is 52.3 Å². The van der Waals surface area contributed by atoms with Crippen molar-refractivity contribution in [3.8, 4) is 0 Å². The Kier molecular flexibility index (Phi) is 6.55. The normalized spacial score (nSPS) is 11.7. The Morgan fingerprint density at radius 2 is 1.74 bits per heavy atom. The number of esters is 1. The molecule has 1 atom stereocenters. The van der Waals surface area contributed by atoms with Gasteiger partial charge in [-0.15, -0.1) is 0 Å². The molecule has 0 bridgehead atoms. The summed E-state index contributed by atoms with van der Waals surface area (Å²) in [6.45, 7) is 9.38. The number of ketones is 1. The lowest BCUT2D eigenvalue weighted by Gasteiger charge is -2.27. The van der Waals surface area contributed by atoms with Crippen LogP contribution in [-0.2, 0) is 4.74 Å². The van der Waals surface area contributed by atoms with Gasteiger partial charge in [0.05, 0.1) is 12.6 Å². The van der Waals surface area contributed by atoms with Gasteiger partial charge in [0.2, 0.25) is 0 Å². The van der Waals surface area contributed by atoms with Crippen molar-refractivity contribution in [2.24, 2.45) is 0 Å². The summed E-state index contributed by atoms with van der Waals surface area (Å²) in [6, 6.07) is 8.22. The number of carbonyl (C=O) groups excluding carboxylic acids is 3. The molecule has 2 rings (SSSR count). The third kappa shape index (κ3) is 4.10. The number of H-pyrrole nitrogens is 1. The molecule has 0 aliphatic heterocycles. The third-order valence-corrected chi connectivity index (χ3v) is 4.63. The highest BCUT2D eigenvalue weighted by molar-refractivity contribution is 6.07.